The fourth-order valence-corrected chi connectivity index (χ4v) is 1.66. The van der Waals surface area contributed by atoms with E-state index in [0.717, 1.165) is 12.5 Å². The van der Waals surface area contributed by atoms with E-state index in [1.807, 2.05) is 6.92 Å². The highest BCUT2D eigenvalue weighted by Crippen LogP contribution is 2.33. The molecule has 1 aromatic carbocycles. The largest absolute Gasteiger partial charge is 0.493 e. The molecule has 5 heteroatoms. The SMILES string of the molecule is COCCC(C)Oc1c(/C=C/C(=O)O)cccc1OC. The third-order valence-corrected chi connectivity index (χ3v) is 2.68. The van der Waals surface area contributed by atoms with E-state index in [9.17, 15) is 4.79 Å². The van der Waals surface area contributed by atoms with E-state index in [4.69, 9.17) is 19.3 Å². The number of para-hydroxylation sites is 1. The van der Waals surface area contributed by atoms with Crippen LogP contribution in [-0.2, 0) is 9.53 Å². The van der Waals surface area contributed by atoms with Crippen LogP contribution in [-0.4, -0.2) is 38.0 Å². The third kappa shape index (κ3) is 4.93. The zero-order valence-electron chi connectivity index (χ0n) is 12.0. The second-order valence-electron chi connectivity index (χ2n) is 4.26. The van der Waals surface area contributed by atoms with Crippen molar-refractivity contribution in [3.05, 3.63) is 29.8 Å². The van der Waals surface area contributed by atoms with Crippen LogP contribution in [0.4, 0.5) is 0 Å². The van der Waals surface area contributed by atoms with Gasteiger partial charge in [-0.05, 0) is 19.1 Å². The Morgan fingerprint density at radius 3 is 2.75 bits per heavy atom. The van der Waals surface area contributed by atoms with Gasteiger partial charge >= 0.3 is 5.97 Å². The van der Waals surface area contributed by atoms with Crippen molar-refractivity contribution in [3.8, 4) is 11.5 Å². The molecule has 1 aromatic rings. The number of hydrogen-bond donors (Lipinski definition) is 1. The van der Waals surface area contributed by atoms with Crippen LogP contribution in [0, 0.1) is 0 Å². The van der Waals surface area contributed by atoms with Gasteiger partial charge in [0.25, 0.3) is 0 Å². The molecule has 5 nitrogen and oxygen atoms in total. The minimum atomic E-state index is -1.01. The molecule has 0 aliphatic rings. The van der Waals surface area contributed by atoms with Gasteiger partial charge in [0, 0.05) is 31.8 Å². The molecule has 1 rings (SSSR count). The lowest BCUT2D eigenvalue weighted by atomic mass is 10.1. The van der Waals surface area contributed by atoms with Crippen molar-refractivity contribution in [2.24, 2.45) is 0 Å². The number of aliphatic carboxylic acids is 1. The van der Waals surface area contributed by atoms with Crippen LogP contribution in [0.25, 0.3) is 6.08 Å². The van der Waals surface area contributed by atoms with Gasteiger partial charge in [-0.25, -0.2) is 4.79 Å². The molecule has 110 valence electrons. The van der Waals surface area contributed by atoms with Gasteiger partial charge in [-0.2, -0.15) is 0 Å². The van der Waals surface area contributed by atoms with Crippen LogP contribution < -0.4 is 9.47 Å². The van der Waals surface area contributed by atoms with Crippen molar-refractivity contribution in [2.75, 3.05) is 20.8 Å². The number of methoxy groups -OCH3 is 2. The second-order valence-corrected chi connectivity index (χ2v) is 4.26. The molecule has 0 amide bonds. The van der Waals surface area contributed by atoms with E-state index < -0.39 is 5.97 Å². The van der Waals surface area contributed by atoms with E-state index in [1.54, 1.807) is 32.4 Å². The van der Waals surface area contributed by atoms with E-state index >= 15 is 0 Å². The summed E-state index contributed by atoms with van der Waals surface area (Å²) in [7, 11) is 3.18. The molecule has 0 aromatic heterocycles. The van der Waals surface area contributed by atoms with Gasteiger partial charge in [0.1, 0.15) is 0 Å². The summed E-state index contributed by atoms with van der Waals surface area (Å²) >= 11 is 0. The molecule has 20 heavy (non-hydrogen) atoms. The monoisotopic (exact) mass is 280 g/mol. The Balaban J connectivity index is 2.97. The number of benzene rings is 1. The first kappa shape index (κ1) is 16.0. The average Bonchev–Trinajstić information content (AvgIpc) is 2.43. The normalized spacial score (nSPS) is 12.3. The topological polar surface area (TPSA) is 65.0 Å². The second kappa shape index (κ2) is 8.22. The van der Waals surface area contributed by atoms with Crippen LogP contribution in [0.15, 0.2) is 24.3 Å². The quantitative estimate of drug-likeness (QED) is 0.741. The summed E-state index contributed by atoms with van der Waals surface area (Å²) in [6.07, 6.45) is 3.23. The number of rotatable bonds is 8. The maximum Gasteiger partial charge on any atom is 0.328 e. The summed E-state index contributed by atoms with van der Waals surface area (Å²) < 4.78 is 16.1. The first-order valence-corrected chi connectivity index (χ1v) is 6.32. The molecule has 0 aliphatic heterocycles. The van der Waals surface area contributed by atoms with Gasteiger partial charge in [0.15, 0.2) is 11.5 Å². The summed E-state index contributed by atoms with van der Waals surface area (Å²) in [5.41, 5.74) is 0.663. The van der Waals surface area contributed by atoms with Crippen LogP contribution in [0.1, 0.15) is 18.9 Å². The van der Waals surface area contributed by atoms with Crippen molar-refractivity contribution < 1.29 is 24.1 Å². The van der Waals surface area contributed by atoms with Crippen molar-refractivity contribution in [2.45, 2.75) is 19.4 Å². The Bertz CT molecular complexity index is 467. The lowest BCUT2D eigenvalue weighted by molar-refractivity contribution is -0.131. The van der Waals surface area contributed by atoms with Gasteiger partial charge in [-0.3, -0.25) is 0 Å². The predicted octanol–water partition coefficient (Wildman–Crippen LogP) is 2.60. The zero-order chi connectivity index (χ0) is 15.0. The summed E-state index contributed by atoms with van der Waals surface area (Å²) in [6.45, 7) is 2.52. The predicted molar refractivity (Wildman–Crippen MR) is 76.2 cm³/mol. The van der Waals surface area contributed by atoms with Crippen LogP contribution in [0.3, 0.4) is 0 Å². The summed E-state index contributed by atoms with van der Waals surface area (Å²) in [5, 5.41) is 8.71. The molecule has 0 fully saturated rings. The van der Waals surface area contributed by atoms with Gasteiger partial charge < -0.3 is 19.3 Å². The average molecular weight is 280 g/mol. The Kier molecular flexibility index (Phi) is 6.59. The molecule has 1 unspecified atom stereocenters. The highest BCUT2D eigenvalue weighted by Gasteiger charge is 2.12. The Hall–Kier alpha value is -2.01. The van der Waals surface area contributed by atoms with Gasteiger partial charge in [0.05, 0.1) is 13.2 Å². The van der Waals surface area contributed by atoms with Crippen molar-refractivity contribution in [1.29, 1.82) is 0 Å². The van der Waals surface area contributed by atoms with E-state index in [-0.39, 0.29) is 6.10 Å². The van der Waals surface area contributed by atoms with E-state index in [1.165, 1.54) is 6.08 Å². The molecular formula is C15H20O5. The Morgan fingerprint density at radius 2 is 2.15 bits per heavy atom. The summed E-state index contributed by atoms with van der Waals surface area (Å²) in [5.74, 6) is 0.101. The van der Waals surface area contributed by atoms with Crippen LogP contribution in [0.5, 0.6) is 11.5 Å². The number of ether oxygens (including phenoxy) is 3. The molecule has 0 heterocycles. The number of hydrogen-bond acceptors (Lipinski definition) is 4. The van der Waals surface area contributed by atoms with Gasteiger partial charge in [-0.15, -0.1) is 0 Å². The lowest BCUT2D eigenvalue weighted by Crippen LogP contribution is -2.15. The fourth-order valence-electron chi connectivity index (χ4n) is 1.66. The lowest BCUT2D eigenvalue weighted by Gasteiger charge is -2.18. The smallest absolute Gasteiger partial charge is 0.328 e. The molecular weight excluding hydrogens is 260 g/mol. The highest BCUT2D eigenvalue weighted by molar-refractivity contribution is 5.86. The minimum absolute atomic E-state index is 0.0665. The molecule has 0 bridgehead atoms. The minimum Gasteiger partial charge on any atom is -0.493 e. The molecule has 0 spiro atoms. The van der Waals surface area contributed by atoms with Crippen molar-refractivity contribution >= 4 is 12.0 Å². The van der Waals surface area contributed by atoms with Crippen molar-refractivity contribution in [1.82, 2.24) is 0 Å². The molecule has 0 saturated heterocycles. The molecule has 0 radical (unpaired) electrons. The van der Waals surface area contributed by atoms with Gasteiger partial charge in [0.2, 0.25) is 0 Å². The summed E-state index contributed by atoms with van der Waals surface area (Å²) in [6, 6.07) is 5.34. The molecule has 1 N–H and O–H groups in total. The van der Waals surface area contributed by atoms with Crippen LogP contribution in [0.2, 0.25) is 0 Å². The number of carboxylic acids is 1. The summed E-state index contributed by atoms with van der Waals surface area (Å²) in [4.78, 5) is 10.6. The first-order chi connectivity index (χ1) is 9.58. The Morgan fingerprint density at radius 1 is 1.40 bits per heavy atom. The number of carbonyl (C=O) groups is 1. The molecule has 0 saturated carbocycles. The highest BCUT2D eigenvalue weighted by atomic mass is 16.5. The maximum atomic E-state index is 10.6. The molecule has 0 aliphatic carbocycles. The standard InChI is InChI=1S/C15H20O5/c1-11(9-10-18-2)20-15-12(7-8-14(16)17)5-4-6-13(15)19-3/h4-8,11H,9-10H2,1-3H3,(H,16,17)/b8-7+. The van der Waals surface area contributed by atoms with E-state index in [2.05, 4.69) is 0 Å². The molecule has 1 atom stereocenters. The third-order valence-electron chi connectivity index (χ3n) is 2.68. The van der Waals surface area contributed by atoms with Crippen LogP contribution >= 0.6 is 0 Å². The fraction of sp³-hybridized carbons (Fsp3) is 0.400. The van der Waals surface area contributed by atoms with E-state index in [0.29, 0.717) is 23.7 Å². The number of carboxylic acid groups (broad SMARTS) is 1. The van der Waals surface area contributed by atoms with Gasteiger partial charge in [-0.1, -0.05) is 12.1 Å². The first-order valence-electron chi connectivity index (χ1n) is 6.32. The zero-order valence-corrected chi connectivity index (χ0v) is 12.0. The van der Waals surface area contributed by atoms with Crippen molar-refractivity contribution in [3.63, 3.8) is 0 Å². The maximum absolute atomic E-state index is 10.6. The Labute approximate surface area is 118 Å².